The van der Waals surface area contributed by atoms with Gasteiger partial charge in [-0.15, -0.1) is 0 Å². The molecular formula is C16H19N3. The van der Waals surface area contributed by atoms with Crippen molar-refractivity contribution < 1.29 is 0 Å². The summed E-state index contributed by atoms with van der Waals surface area (Å²) in [6.07, 6.45) is 1.91. The van der Waals surface area contributed by atoms with E-state index in [1.165, 1.54) is 11.1 Å². The SMILES string of the molecule is Cc1cc2nc(C(C)C)c3c(C)ncn3c2cc1C. The normalized spacial score (nSPS) is 11.9. The predicted molar refractivity (Wildman–Crippen MR) is 78.8 cm³/mol. The van der Waals surface area contributed by atoms with Gasteiger partial charge in [-0.2, -0.15) is 0 Å². The van der Waals surface area contributed by atoms with Gasteiger partial charge in [0, 0.05) is 0 Å². The van der Waals surface area contributed by atoms with E-state index in [1.807, 2.05) is 6.33 Å². The second-order valence-corrected chi connectivity index (χ2v) is 5.63. The zero-order chi connectivity index (χ0) is 13.7. The van der Waals surface area contributed by atoms with Crippen LogP contribution in [0.15, 0.2) is 18.5 Å². The van der Waals surface area contributed by atoms with Crippen molar-refractivity contribution in [1.82, 2.24) is 14.4 Å². The van der Waals surface area contributed by atoms with Crippen LogP contribution < -0.4 is 0 Å². The van der Waals surface area contributed by atoms with Gasteiger partial charge in [0.2, 0.25) is 0 Å². The summed E-state index contributed by atoms with van der Waals surface area (Å²) < 4.78 is 2.18. The number of fused-ring (bicyclic) bond motifs is 3. The van der Waals surface area contributed by atoms with E-state index in [-0.39, 0.29) is 0 Å². The van der Waals surface area contributed by atoms with Gasteiger partial charge in [0.1, 0.15) is 6.33 Å². The van der Waals surface area contributed by atoms with Crippen molar-refractivity contribution >= 4 is 16.6 Å². The first-order chi connectivity index (χ1) is 8.99. The van der Waals surface area contributed by atoms with Crippen LogP contribution in [0.4, 0.5) is 0 Å². The molecule has 0 fully saturated rings. The molecule has 0 unspecified atom stereocenters. The fourth-order valence-corrected chi connectivity index (χ4v) is 2.58. The quantitative estimate of drug-likeness (QED) is 0.657. The molecule has 3 heteroatoms. The Hall–Kier alpha value is -1.90. The smallest absolute Gasteiger partial charge is 0.100 e. The van der Waals surface area contributed by atoms with Crippen LogP contribution in [0.1, 0.15) is 42.3 Å². The number of imidazole rings is 1. The van der Waals surface area contributed by atoms with Crippen LogP contribution in [0.2, 0.25) is 0 Å². The zero-order valence-corrected chi connectivity index (χ0v) is 12.2. The molecule has 2 heterocycles. The molecule has 0 saturated heterocycles. The lowest BCUT2D eigenvalue weighted by Crippen LogP contribution is -2.01. The van der Waals surface area contributed by atoms with Crippen LogP contribution in [0, 0.1) is 20.8 Å². The van der Waals surface area contributed by atoms with Crippen LogP contribution >= 0.6 is 0 Å². The van der Waals surface area contributed by atoms with Gasteiger partial charge in [-0.25, -0.2) is 9.97 Å². The summed E-state index contributed by atoms with van der Waals surface area (Å²) in [4.78, 5) is 9.34. The molecule has 0 aliphatic heterocycles. The van der Waals surface area contributed by atoms with Crippen molar-refractivity contribution in [3.63, 3.8) is 0 Å². The van der Waals surface area contributed by atoms with Gasteiger partial charge in [-0.1, -0.05) is 13.8 Å². The topological polar surface area (TPSA) is 30.2 Å². The number of aromatic nitrogens is 3. The Kier molecular flexibility index (Phi) is 2.59. The average molecular weight is 253 g/mol. The molecule has 0 N–H and O–H groups in total. The number of aryl methyl sites for hydroxylation is 3. The highest BCUT2D eigenvalue weighted by atomic mass is 15.0. The Morgan fingerprint density at radius 2 is 1.74 bits per heavy atom. The lowest BCUT2D eigenvalue weighted by atomic mass is 10.1. The highest BCUT2D eigenvalue weighted by molar-refractivity contribution is 5.82. The fourth-order valence-electron chi connectivity index (χ4n) is 2.58. The van der Waals surface area contributed by atoms with Crippen molar-refractivity contribution in [1.29, 1.82) is 0 Å². The van der Waals surface area contributed by atoms with Crippen molar-refractivity contribution in [3.05, 3.63) is 41.0 Å². The molecule has 0 spiro atoms. The standard InChI is InChI=1S/C16H19N3/c1-9(2)15-16-12(5)17-8-19(16)14-7-11(4)10(3)6-13(14)18-15/h6-9H,1-5H3. The summed E-state index contributed by atoms with van der Waals surface area (Å²) in [7, 11) is 0. The minimum absolute atomic E-state index is 0.393. The molecule has 98 valence electrons. The van der Waals surface area contributed by atoms with Gasteiger partial charge < -0.3 is 0 Å². The molecule has 0 saturated carbocycles. The maximum Gasteiger partial charge on any atom is 0.100 e. The number of nitrogens with zero attached hydrogens (tertiary/aromatic N) is 3. The van der Waals surface area contributed by atoms with E-state index in [0.29, 0.717) is 5.92 Å². The van der Waals surface area contributed by atoms with E-state index in [4.69, 9.17) is 4.98 Å². The highest BCUT2D eigenvalue weighted by Crippen LogP contribution is 2.27. The summed E-state index contributed by atoms with van der Waals surface area (Å²) in [5.41, 5.74) is 8.11. The van der Waals surface area contributed by atoms with E-state index < -0.39 is 0 Å². The number of rotatable bonds is 1. The second kappa shape index (κ2) is 4.05. The Labute approximate surface area is 113 Å². The second-order valence-electron chi connectivity index (χ2n) is 5.63. The van der Waals surface area contributed by atoms with Crippen LogP contribution in [0.25, 0.3) is 16.6 Å². The van der Waals surface area contributed by atoms with Crippen molar-refractivity contribution in [3.8, 4) is 0 Å². The number of hydrogen-bond donors (Lipinski definition) is 0. The first-order valence-electron chi connectivity index (χ1n) is 6.73. The molecule has 0 aliphatic rings. The Balaban J connectivity index is 2.55. The minimum atomic E-state index is 0.393. The van der Waals surface area contributed by atoms with Crippen LogP contribution in [-0.2, 0) is 0 Å². The van der Waals surface area contributed by atoms with Crippen LogP contribution in [-0.4, -0.2) is 14.4 Å². The molecule has 3 aromatic rings. The van der Waals surface area contributed by atoms with Crippen LogP contribution in [0.5, 0.6) is 0 Å². The van der Waals surface area contributed by atoms with Gasteiger partial charge in [0.15, 0.2) is 0 Å². The molecule has 0 aliphatic carbocycles. The van der Waals surface area contributed by atoms with Gasteiger partial charge >= 0.3 is 0 Å². The van der Waals surface area contributed by atoms with Crippen molar-refractivity contribution in [2.24, 2.45) is 0 Å². The molecule has 0 atom stereocenters. The molecule has 19 heavy (non-hydrogen) atoms. The molecule has 2 aromatic heterocycles. The third-order valence-corrected chi connectivity index (χ3v) is 3.83. The maximum absolute atomic E-state index is 4.88. The third-order valence-electron chi connectivity index (χ3n) is 3.83. The fraction of sp³-hybridized carbons (Fsp3) is 0.375. The minimum Gasteiger partial charge on any atom is -0.295 e. The molecule has 1 aromatic carbocycles. The summed E-state index contributed by atoms with van der Waals surface area (Å²) in [6.45, 7) is 10.7. The Bertz CT molecular complexity index is 782. The Morgan fingerprint density at radius 3 is 2.42 bits per heavy atom. The zero-order valence-electron chi connectivity index (χ0n) is 12.2. The summed E-state index contributed by atoms with van der Waals surface area (Å²) >= 11 is 0. The van der Waals surface area contributed by atoms with Gasteiger partial charge in [0.25, 0.3) is 0 Å². The van der Waals surface area contributed by atoms with E-state index in [0.717, 1.165) is 27.9 Å². The molecule has 3 nitrogen and oxygen atoms in total. The lowest BCUT2D eigenvalue weighted by Gasteiger charge is -2.12. The summed E-state index contributed by atoms with van der Waals surface area (Å²) in [5, 5.41) is 0. The van der Waals surface area contributed by atoms with Gasteiger partial charge in [-0.3, -0.25) is 4.40 Å². The van der Waals surface area contributed by atoms with E-state index in [1.54, 1.807) is 0 Å². The van der Waals surface area contributed by atoms with Gasteiger partial charge in [-0.05, 0) is 49.9 Å². The first-order valence-corrected chi connectivity index (χ1v) is 6.73. The molecular weight excluding hydrogens is 234 g/mol. The molecule has 0 amide bonds. The first kappa shape index (κ1) is 12.2. The van der Waals surface area contributed by atoms with E-state index >= 15 is 0 Å². The van der Waals surface area contributed by atoms with E-state index in [2.05, 4.69) is 56.1 Å². The van der Waals surface area contributed by atoms with Crippen LogP contribution in [0.3, 0.4) is 0 Å². The summed E-state index contributed by atoms with van der Waals surface area (Å²) in [5.74, 6) is 0.393. The largest absolute Gasteiger partial charge is 0.295 e. The molecule has 0 radical (unpaired) electrons. The molecule has 0 bridgehead atoms. The Morgan fingerprint density at radius 1 is 1.05 bits per heavy atom. The number of hydrogen-bond acceptors (Lipinski definition) is 2. The number of benzene rings is 1. The van der Waals surface area contributed by atoms with E-state index in [9.17, 15) is 0 Å². The van der Waals surface area contributed by atoms with Gasteiger partial charge in [0.05, 0.1) is 27.9 Å². The highest BCUT2D eigenvalue weighted by Gasteiger charge is 2.14. The summed E-state index contributed by atoms with van der Waals surface area (Å²) in [6, 6.07) is 4.38. The third kappa shape index (κ3) is 1.72. The average Bonchev–Trinajstić information content (AvgIpc) is 2.73. The maximum atomic E-state index is 4.88. The van der Waals surface area contributed by atoms with Crippen molar-refractivity contribution in [2.75, 3.05) is 0 Å². The molecule has 3 rings (SSSR count). The van der Waals surface area contributed by atoms with Crippen molar-refractivity contribution in [2.45, 2.75) is 40.5 Å². The lowest BCUT2D eigenvalue weighted by molar-refractivity contribution is 0.831. The predicted octanol–water partition coefficient (Wildman–Crippen LogP) is 3.93. The monoisotopic (exact) mass is 253 g/mol.